The van der Waals surface area contributed by atoms with Gasteiger partial charge in [0.2, 0.25) is 0 Å². The Morgan fingerprint density at radius 3 is 3.00 bits per heavy atom. The minimum absolute atomic E-state index is 0.156. The van der Waals surface area contributed by atoms with E-state index in [2.05, 4.69) is 16.0 Å². The molecule has 0 aromatic carbocycles. The van der Waals surface area contributed by atoms with Crippen molar-refractivity contribution in [1.29, 1.82) is 0 Å². The van der Waals surface area contributed by atoms with Crippen molar-refractivity contribution in [2.24, 2.45) is 5.92 Å². The van der Waals surface area contributed by atoms with E-state index in [1.54, 1.807) is 4.90 Å². The standard InChI is InChI=1S/C13H17N3O2/c1-9-4-11(6-14-5-9)15-7-10-2-3-16(13(17)18)12(10)8-15/h4-6,10,12H,2-3,7-8H2,1H3,(H,17,18)/t10-,12+/m1/s1. The molecule has 0 unspecified atom stereocenters. The number of nitrogens with zero attached hydrogens (tertiary/aromatic N) is 3. The van der Waals surface area contributed by atoms with E-state index in [4.69, 9.17) is 5.11 Å². The molecular formula is C13H17N3O2. The lowest BCUT2D eigenvalue weighted by Gasteiger charge is -2.23. The largest absolute Gasteiger partial charge is 0.465 e. The highest BCUT2D eigenvalue weighted by atomic mass is 16.4. The zero-order valence-corrected chi connectivity index (χ0v) is 10.4. The number of likely N-dealkylation sites (tertiary alicyclic amines) is 1. The van der Waals surface area contributed by atoms with Crippen LogP contribution in [0, 0.1) is 12.8 Å². The zero-order valence-electron chi connectivity index (χ0n) is 10.4. The maximum atomic E-state index is 11.1. The number of anilines is 1. The van der Waals surface area contributed by atoms with Crippen molar-refractivity contribution in [3.05, 3.63) is 24.0 Å². The molecule has 2 atom stereocenters. The van der Waals surface area contributed by atoms with Gasteiger partial charge in [0.1, 0.15) is 0 Å². The molecule has 0 bridgehead atoms. The Kier molecular flexibility index (Phi) is 2.61. The normalized spacial score (nSPS) is 26.5. The molecule has 1 N–H and O–H groups in total. The number of aromatic nitrogens is 1. The predicted octanol–water partition coefficient (Wildman–Crippen LogP) is 1.58. The van der Waals surface area contributed by atoms with Gasteiger partial charge < -0.3 is 14.9 Å². The number of hydrogen-bond donors (Lipinski definition) is 1. The van der Waals surface area contributed by atoms with Crippen LogP contribution >= 0.6 is 0 Å². The third-order valence-corrected chi connectivity index (χ3v) is 4.02. The average molecular weight is 247 g/mol. The van der Waals surface area contributed by atoms with Crippen LogP contribution in [0.15, 0.2) is 18.5 Å². The summed E-state index contributed by atoms with van der Waals surface area (Å²) in [6, 6.07) is 2.27. The first-order valence-electron chi connectivity index (χ1n) is 6.31. The number of rotatable bonds is 1. The highest BCUT2D eigenvalue weighted by molar-refractivity contribution is 5.66. The van der Waals surface area contributed by atoms with Crippen LogP contribution in [-0.2, 0) is 0 Å². The zero-order chi connectivity index (χ0) is 12.7. The molecule has 0 aliphatic carbocycles. The van der Waals surface area contributed by atoms with Gasteiger partial charge in [-0.15, -0.1) is 0 Å². The molecule has 5 nitrogen and oxygen atoms in total. The summed E-state index contributed by atoms with van der Waals surface area (Å²) in [5.74, 6) is 0.474. The van der Waals surface area contributed by atoms with Gasteiger partial charge >= 0.3 is 6.09 Å². The molecule has 3 heterocycles. The van der Waals surface area contributed by atoms with E-state index in [9.17, 15) is 4.79 Å². The Bertz CT molecular complexity index is 477. The molecule has 2 fully saturated rings. The summed E-state index contributed by atoms with van der Waals surface area (Å²) < 4.78 is 0. The van der Waals surface area contributed by atoms with Gasteiger partial charge in [-0.05, 0) is 25.0 Å². The van der Waals surface area contributed by atoms with Crippen LogP contribution in [0.3, 0.4) is 0 Å². The minimum atomic E-state index is -0.785. The first kappa shape index (κ1) is 11.3. The maximum Gasteiger partial charge on any atom is 0.407 e. The third kappa shape index (κ3) is 1.79. The summed E-state index contributed by atoms with van der Waals surface area (Å²) in [6.07, 6.45) is 3.89. The topological polar surface area (TPSA) is 56.7 Å². The number of fused-ring (bicyclic) bond motifs is 1. The van der Waals surface area contributed by atoms with Gasteiger partial charge in [-0.2, -0.15) is 0 Å². The summed E-state index contributed by atoms with van der Waals surface area (Å²) in [5, 5.41) is 9.16. The number of aryl methyl sites for hydroxylation is 1. The Morgan fingerprint density at radius 1 is 1.44 bits per heavy atom. The predicted molar refractivity (Wildman–Crippen MR) is 67.8 cm³/mol. The highest BCUT2D eigenvalue weighted by Crippen LogP contribution is 2.33. The van der Waals surface area contributed by atoms with Crippen molar-refractivity contribution in [2.45, 2.75) is 19.4 Å². The minimum Gasteiger partial charge on any atom is -0.465 e. The molecule has 2 aliphatic heterocycles. The average Bonchev–Trinajstić information content (AvgIpc) is 2.87. The fourth-order valence-electron chi connectivity index (χ4n) is 3.12. The van der Waals surface area contributed by atoms with Crippen molar-refractivity contribution in [3.63, 3.8) is 0 Å². The summed E-state index contributed by atoms with van der Waals surface area (Å²) in [6.45, 7) is 4.45. The van der Waals surface area contributed by atoms with Crippen LogP contribution in [-0.4, -0.2) is 46.8 Å². The van der Waals surface area contributed by atoms with Crippen LogP contribution in [0.4, 0.5) is 10.5 Å². The summed E-state index contributed by atoms with van der Waals surface area (Å²) in [7, 11) is 0. The van der Waals surface area contributed by atoms with E-state index in [0.29, 0.717) is 12.5 Å². The van der Waals surface area contributed by atoms with Gasteiger partial charge in [-0.25, -0.2) is 4.79 Å². The quantitative estimate of drug-likeness (QED) is 0.818. The van der Waals surface area contributed by atoms with Crippen molar-refractivity contribution in [2.75, 3.05) is 24.5 Å². The molecule has 0 radical (unpaired) electrons. The van der Waals surface area contributed by atoms with Crippen LogP contribution in [0.1, 0.15) is 12.0 Å². The van der Waals surface area contributed by atoms with E-state index in [1.165, 1.54) is 0 Å². The molecule has 1 aromatic rings. The number of carboxylic acid groups (broad SMARTS) is 1. The number of hydrogen-bond acceptors (Lipinski definition) is 3. The fourth-order valence-corrected chi connectivity index (χ4v) is 3.12. The Balaban J connectivity index is 1.78. The van der Waals surface area contributed by atoms with Crippen LogP contribution in [0.25, 0.3) is 0 Å². The molecule has 96 valence electrons. The lowest BCUT2D eigenvalue weighted by atomic mass is 10.1. The van der Waals surface area contributed by atoms with Crippen molar-refractivity contribution in [3.8, 4) is 0 Å². The lowest BCUT2D eigenvalue weighted by Crippen LogP contribution is -2.38. The van der Waals surface area contributed by atoms with E-state index in [-0.39, 0.29) is 6.04 Å². The maximum absolute atomic E-state index is 11.1. The second kappa shape index (κ2) is 4.15. The molecule has 1 aromatic heterocycles. The second-order valence-electron chi connectivity index (χ2n) is 5.22. The van der Waals surface area contributed by atoms with Gasteiger partial charge in [0.25, 0.3) is 0 Å². The van der Waals surface area contributed by atoms with E-state index < -0.39 is 6.09 Å². The van der Waals surface area contributed by atoms with Crippen LogP contribution in [0.2, 0.25) is 0 Å². The number of pyridine rings is 1. The Hall–Kier alpha value is -1.78. The van der Waals surface area contributed by atoms with Crippen molar-refractivity contribution < 1.29 is 9.90 Å². The molecule has 1 amide bonds. The van der Waals surface area contributed by atoms with Crippen molar-refractivity contribution in [1.82, 2.24) is 9.88 Å². The lowest BCUT2D eigenvalue weighted by molar-refractivity contribution is 0.140. The summed E-state index contributed by atoms with van der Waals surface area (Å²) >= 11 is 0. The molecule has 5 heteroatoms. The number of carbonyl (C=O) groups is 1. The molecule has 18 heavy (non-hydrogen) atoms. The summed E-state index contributed by atoms with van der Waals surface area (Å²) in [5.41, 5.74) is 2.24. The third-order valence-electron chi connectivity index (χ3n) is 4.02. The van der Waals surface area contributed by atoms with Gasteiger partial charge in [0.15, 0.2) is 0 Å². The monoisotopic (exact) mass is 247 g/mol. The Morgan fingerprint density at radius 2 is 2.28 bits per heavy atom. The smallest absolute Gasteiger partial charge is 0.407 e. The number of amides is 1. The second-order valence-corrected chi connectivity index (χ2v) is 5.22. The molecule has 2 aliphatic rings. The first-order chi connectivity index (χ1) is 8.65. The van der Waals surface area contributed by atoms with Crippen LogP contribution < -0.4 is 4.90 Å². The molecule has 0 spiro atoms. The van der Waals surface area contributed by atoms with Gasteiger partial charge in [0, 0.05) is 31.7 Å². The molecular weight excluding hydrogens is 230 g/mol. The fraction of sp³-hybridized carbons (Fsp3) is 0.538. The molecule has 2 saturated heterocycles. The van der Waals surface area contributed by atoms with E-state index in [1.807, 2.05) is 19.3 Å². The first-order valence-corrected chi connectivity index (χ1v) is 6.31. The van der Waals surface area contributed by atoms with Crippen molar-refractivity contribution >= 4 is 11.8 Å². The van der Waals surface area contributed by atoms with Crippen LogP contribution in [0.5, 0.6) is 0 Å². The highest BCUT2D eigenvalue weighted by Gasteiger charge is 2.43. The van der Waals surface area contributed by atoms with E-state index in [0.717, 1.165) is 30.8 Å². The summed E-state index contributed by atoms with van der Waals surface area (Å²) in [4.78, 5) is 19.2. The Labute approximate surface area is 106 Å². The van der Waals surface area contributed by atoms with E-state index >= 15 is 0 Å². The van der Waals surface area contributed by atoms with Gasteiger partial charge in [0.05, 0.1) is 17.9 Å². The molecule has 0 saturated carbocycles. The molecule has 3 rings (SSSR count). The van der Waals surface area contributed by atoms with Gasteiger partial charge in [-0.1, -0.05) is 0 Å². The van der Waals surface area contributed by atoms with Gasteiger partial charge in [-0.3, -0.25) is 4.98 Å². The SMILES string of the molecule is Cc1cncc(N2C[C@H]3CCN(C(=O)O)[C@H]3C2)c1.